The van der Waals surface area contributed by atoms with E-state index in [4.69, 9.17) is 5.73 Å². The second-order valence-corrected chi connectivity index (χ2v) is 7.07. The van der Waals surface area contributed by atoms with Gasteiger partial charge in [0.05, 0.1) is 6.54 Å². The quantitative estimate of drug-likeness (QED) is 0.431. The molecule has 0 aliphatic carbocycles. The van der Waals surface area contributed by atoms with Gasteiger partial charge in [-0.05, 0) is 27.7 Å². The van der Waals surface area contributed by atoms with E-state index in [1.165, 1.54) is 0 Å². The van der Waals surface area contributed by atoms with E-state index < -0.39 is 10.8 Å². The van der Waals surface area contributed by atoms with Gasteiger partial charge < -0.3 is 11.1 Å². The predicted octanol–water partition coefficient (Wildman–Crippen LogP) is 1.01. The zero-order valence-corrected chi connectivity index (χ0v) is 11.5. The van der Waals surface area contributed by atoms with Crippen molar-refractivity contribution in [2.24, 2.45) is 10.7 Å². The summed E-state index contributed by atoms with van der Waals surface area (Å²) in [6, 6.07) is 0. The molecule has 0 aromatic carbocycles. The summed E-state index contributed by atoms with van der Waals surface area (Å²) in [6.45, 7) is 12.6. The highest BCUT2D eigenvalue weighted by atomic mass is 32.2. The Morgan fingerprint density at radius 3 is 2.50 bits per heavy atom. The van der Waals surface area contributed by atoms with Crippen LogP contribution in [-0.2, 0) is 10.8 Å². The van der Waals surface area contributed by atoms with Crippen molar-refractivity contribution < 1.29 is 4.21 Å². The largest absolute Gasteiger partial charge is 0.370 e. The SMILES string of the molecule is C=C(C)CN=C(N)NCCS(=O)C(C)(C)C. The van der Waals surface area contributed by atoms with Crippen LogP contribution in [0, 0.1) is 0 Å². The van der Waals surface area contributed by atoms with Crippen LogP contribution in [0.4, 0.5) is 0 Å². The van der Waals surface area contributed by atoms with Crippen LogP contribution in [0.1, 0.15) is 27.7 Å². The lowest BCUT2D eigenvalue weighted by Gasteiger charge is -2.17. The summed E-state index contributed by atoms with van der Waals surface area (Å²) >= 11 is 0. The molecule has 1 atom stereocenters. The van der Waals surface area contributed by atoms with Crippen LogP contribution in [0.2, 0.25) is 0 Å². The molecule has 94 valence electrons. The molecule has 0 aromatic rings. The van der Waals surface area contributed by atoms with Crippen molar-refractivity contribution in [2.45, 2.75) is 32.4 Å². The second kappa shape index (κ2) is 6.68. The molecule has 3 N–H and O–H groups in total. The minimum atomic E-state index is -0.857. The van der Waals surface area contributed by atoms with E-state index in [0.29, 0.717) is 24.8 Å². The molecule has 16 heavy (non-hydrogen) atoms. The average molecular weight is 245 g/mol. The third kappa shape index (κ3) is 7.45. The first kappa shape index (κ1) is 15.2. The van der Waals surface area contributed by atoms with Crippen molar-refractivity contribution in [1.29, 1.82) is 0 Å². The summed E-state index contributed by atoms with van der Waals surface area (Å²) < 4.78 is 11.5. The third-order valence-corrected chi connectivity index (χ3v) is 3.74. The van der Waals surface area contributed by atoms with E-state index in [0.717, 1.165) is 5.57 Å². The van der Waals surface area contributed by atoms with Gasteiger partial charge in [0.1, 0.15) is 0 Å². The zero-order valence-electron chi connectivity index (χ0n) is 10.7. The molecule has 4 nitrogen and oxygen atoms in total. The number of nitrogens with one attached hydrogen (secondary N) is 1. The molecule has 0 amide bonds. The maximum atomic E-state index is 11.7. The number of rotatable bonds is 5. The maximum Gasteiger partial charge on any atom is 0.188 e. The first-order valence-electron chi connectivity index (χ1n) is 5.30. The standard InChI is InChI=1S/C11H23N3OS/c1-9(2)8-14-10(12)13-6-7-16(15)11(3,4)5/h1,6-8H2,2-5H3,(H3,12,13,14). The molecule has 0 heterocycles. The number of aliphatic imine (C=N–C) groups is 1. The minimum absolute atomic E-state index is 0.175. The van der Waals surface area contributed by atoms with Crippen molar-refractivity contribution in [3.8, 4) is 0 Å². The Morgan fingerprint density at radius 2 is 2.06 bits per heavy atom. The van der Waals surface area contributed by atoms with E-state index in [1.54, 1.807) is 0 Å². The number of hydrogen-bond donors (Lipinski definition) is 2. The van der Waals surface area contributed by atoms with Gasteiger partial charge in [-0.1, -0.05) is 12.2 Å². The van der Waals surface area contributed by atoms with Crippen molar-refractivity contribution in [2.75, 3.05) is 18.8 Å². The van der Waals surface area contributed by atoms with Crippen LogP contribution < -0.4 is 11.1 Å². The van der Waals surface area contributed by atoms with E-state index >= 15 is 0 Å². The van der Waals surface area contributed by atoms with Gasteiger partial charge >= 0.3 is 0 Å². The minimum Gasteiger partial charge on any atom is -0.370 e. The molecular formula is C11H23N3OS. The smallest absolute Gasteiger partial charge is 0.188 e. The average Bonchev–Trinajstić information content (AvgIpc) is 2.13. The normalized spacial score (nSPS) is 14.6. The van der Waals surface area contributed by atoms with Gasteiger partial charge in [-0.25, -0.2) is 4.99 Å². The Labute approximate surface area is 101 Å². The van der Waals surface area contributed by atoms with Crippen molar-refractivity contribution in [3.05, 3.63) is 12.2 Å². The molecule has 0 aliphatic rings. The number of nitrogens with two attached hydrogens (primary N) is 1. The van der Waals surface area contributed by atoms with Gasteiger partial charge in [0.2, 0.25) is 0 Å². The lowest BCUT2D eigenvalue weighted by atomic mass is 10.3. The molecule has 0 bridgehead atoms. The zero-order chi connectivity index (χ0) is 12.8. The van der Waals surface area contributed by atoms with E-state index in [2.05, 4.69) is 16.9 Å². The van der Waals surface area contributed by atoms with Crippen LogP contribution in [0.5, 0.6) is 0 Å². The topological polar surface area (TPSA) is 67.5 Å². The summed E-state index contributed by atoms with van der Waals surface area (Å²) in [5.41, 5.74) is 6.58. The van der Waals surface area contributed by atoms with Gasteiger partial charge in [0.25, 0.3) is 0 Å². The number of guanidine groups is 1. The molecule has 0 fully saturated rings. The molecule has 0 radical (unpaired) electrons. The van der Waals surface area contributed by atoms with E-state index in [1.807, 2.05) is 27.7 Å². The lowest BCUT2D eigenvalue weighted by Crippen LogP contribution is -2.37. The second-order valence-electron chi connectivity index (χ2n) is 4.75. The molecule has 1 unspecified atom stereocenters. The van der Waals surface area contributed by atoms with Gasteiger partial charge in [-0.15, -0.1) is 0 Å². The van der Waals surface area contributed by atoms with Gasteiger partial charge in [0, 0.05) is 27.8 Å². The molecule has 5 heteroatoms. The van der Waals surface area contributed by atoms with Crippen molar-refractivity contribution in [1.82, 2.24) is 5.32 Å². The van der Waals surface area contributed by atoms with Gasteiger partial charge in [0.15, 0.2) is 5.96 Å². The summed E-state index contributed by atoms with van der Waals surface area (Å²) in [4.78, 5) is 4.07. The summed E-state index contributed by atoms with van der Waals surface area (Å²) in [7, 11) is -0.857. The molecule has 0 spiro atoms. The van der Waals surface area contributed by atoms with Crippen LogP contribution in [0.3, 0.4) is 0 Å². The highest BCUT2D eigenvalue weighted by Crippen LogP contribution is 2.10. The molecular weight excluding hydrogens is 222 g/mol. The highest BCUT2D eigenvalue weighted by molar-refractivity contribution is 7.86. The number of nitrogens with zero attached hydrogens (tertiary/aromatic N) is 1. The molecule has 0 aliphatic heterocycles. The molecule has 0 rings (SSSR count). The fourth-order valence-electron chi connectivity index (χ4n) is 0.854. The van der Waals surface area contributed by atoms with Crippen LogP contribution in [-0.4, -0.2) is 33.8 Å². The van der Waals surface area contributed by atoms with E-state index in [9.17, 15) is 4.21 Å². The fraction of sp³-hybridized carbons (Fsp3) is 0.727. The van der Waals surface area contributed by atoms with Crippen molar-refractivity contribution >= 4 is 16.8 Å². The summed E-state index contributed by atoms with van der Waals surface area (Å²) in [5.74, 6) is 0.959. The van der Waals surface area contributed by atoms with Crippen LogP contribution >= 0.6 is 0 Å². The van der Waals surface area contributed by atoms with Crippen molar-refractivity contribution in [3.63, 3.8) is 0 Å². The Bertz CT molecular complexity index is 292. The third-order valence-electron chi connectivity index (χ3n) is 1.80. The Balaban J connectivity index is 3.87. The monoisotopic (exact) mass is 245 g/mol. The first-order valence-corrected chi connectivity index (χ1v) is 6.62. The Morgan fingerprint density at radius 1 is 1.50 bits per heavy atom. The molecule has 0 aromatic heterocycles. The van der Waals surface area contributed by atoms with Crippen LogP contribution in [0.25, 0.3) is 0 Å². The Hall–Kier alpha value is -0.840. The number of hydrogen-bond acceptors (Lipinski definition) is 2. The summed E-state index contributed by atoms with van der Waals surface area (Å²) in [6.07, 6.45) is 0. The van der Waals surface area contributed by atoms with E-state index in [-0.39, 0.29) is 4.75 Å². The van der Waals surface area contributed by atoms with Gasteiger partial charge in [-0.3, -0.25) is 4.21 Å². The fourth-order valence-corrected chi connectivity index (χ4v) is 1.75. The first-order chi connectivity index (χ1) is 7.23. The van der Waals surface area contributed by atoms with Gasteiger partial charge in [-0.2, -0.15) is 0 Å². The Kier molecular flexibility index (Phi) is 6.33. The molecule has 0 saturated carbocycles. The summed E-state index contributed by atoms with van der Waals surface area (Å²) in [5, 5.41) is 2.93. The maximum absolute atomic E-state index is 11.7. The highest BCUT2D eigenvalue weighted by Gasteiger charge is 2.18. The molecule has 0 saturated heterocycles. The predicted molar refractivity (Wildman–Crippen MR) is 72.1 cm³/mol. The lowest BCUT2D eigenvalue weighted by molar-refractivity contribution is 0.647. The van der Waals surface area contributed by atoms with Crippen LogP contribution in [0.15, 0.2) is 17.1 Å².